The van der Waals surface area contributed by atoms with Crippen LogP contribution in [0.1, 0.15) is 11.1 Å². The Bertz CT molecular complexity index is 2100. The Labute approximate surface area is 237 Å². The lowest BCUT2D eigenvalue weighted by molar-refractivity contribution is -0.384. The first kappa shape index (κ1) is 28.2. The number of rotatable bonds is 7. The van der Waals surface area contributed by atoms with Crippen molar-refractivity contribution in [3.63, 3.8) is 0 Å². The fourth-order valence-corrected chi connectivity index (χ4v) is 5.78. The lowest BCUT2D eigenvalue weighted by atomic mass is 9.97. The summed E-state index contributed by atoms with van der Waals surface area (Å²) >= 11 is 0. The molecule has 0 atom stereocenters. The zero-order valence-corrected chi connectivity index (χ0v) is 23.0. The highest BCUT2D eigenvalue weighted by atomic mass is 32.2. The van der Waals surface area contributed by atoms with Crippen molar-refractivity contribution in [2.45, 2.75) is 16.8 Å². The molecule has 2 aromatic heterocycles. The van der Waals surface area contributed by atoms with Crippen LogP contribution in [0.3, 0.4) is 0 Å². The number of sulfone groups is 1. The molecule has 5 rings (SSSR count). The summed E-state index contributed by atoms with van der Waals surface area (Å²) in [5.74, 6) is -3.09. The van der Waals surface area contributed by atoms with Gasteiger partial charge in [0.05, 0.1) is 9.82 Å². The van der Waals surface area contributed by atoms with Crippen LogP contribution in [0, 0.1) is 28.7 Å². The lowest BCUT2D eigenvalue weighted by Gasteiger charge is -2.16. The molecule has 214 valence electrons. The quantitative estimate of drug-likeness (QED) is 0.136. The lowest BCUT2D eigenvalue weighted by Crippen LogP contribution is -2.17. The number of anilines is 1. The second-order valence-corrected chi connectivity index (χ2v) is 11.4. The van der Waals surface area contributed by atoms with Crippen molar-refractivity contribution in [3.05, 3.63) is 111 Å². The summed E-state index contributed by atoms with van der Waals surface area (Å²) in [7, 11) is -2.72. The van der Waals surface area contributed by atoms with E-state index in [0.717, 1.165) is 22.3 Å². The number of hydrogen-bond acceptors (Lipinski definition) is 7. The third-order valence-corrected chi connectivity index (χ3v) is 8.38. The molecule has 5 aromatic rings. The van der Waals surface area contributed by atoms with Crippen LogP contribution < -0.4 is 16.0 Å². The minimum atomic E-state index is -4.12. The molecule has 0 aliphatic rings. The molecule has 42 heavy (non-hydrogen) atoms. The topological polar surface area (TPSA) is 150 Å². The largest absolute Gasteiger partial charge is 0.446 e. The number of halogens is 2. The van der Waals surface area contributed by atoms with E-state index >= 15 is 0 Å². The number of nitro benzene ring substituents is 1. The number of nitrogens with one attached hydrogen (secondary N) is 1. The fourth-order valence-electron chi connectivity index (χ4n) is 4.52. The van der Waals surface area contributed by atoms with E-state index in [-0.39, 0.29) is 43.2 Å². The van der Waals surface area contributed by atoms with Gasteiger partial charge >= 0.3 is 5.69 Å². The molecule has 0 unspecified atom stereocenters. The summed E-state index contributed by atoms with van der Waals surface area (Å²) in [5.41, 5.74) is 5.35. The second kappa shape index (κ2) is 10.3. The van der Waals surface area contributed by atoms with Crippen molar-refractivity contribution < 1.29 is 26.9 Å². The molecule has 0 saturated carbocycles. The van der Waals surface area contributed by atoms with Crippen LogP contribution in [0.4, 0.5) is 20.2 Å². The number of aromatic nitrogens is 2. The molecular weight excluding hydrogens is 570 g/mol. The first-order valence-electron chi connectivity index (χ1n) is 12.2. The molecule has 10 nitrogen and oxygen atoms in total. The van der Waals surface area contributed by atoms with E-state index in [1.54, 1.807) is 19.1 Å². The fraction of sp³-hybridized carbons (Fsp3) is 0.0690. The van der Waals surface area contributed by atoms with E-state index in [9.17, 15) is 32.1 Å². The van der Waals surface area contributed by atoms with Crippen LogP contribution in [0.5, 0.6) is 11.5 Å². The summed E-state index contributed by atoms with van der Waals surface area (Å²) < 4.78 is 62.0. The van der Waals surface area contributed by atoms with E-state index in [0.29, 0.717) is 6.07 Å². The zero-order chi connectivity index (χ0) is 30.5. The molecule has 3 aromatic carbocycles. The molecule has 0 radical (unpaired) electrons. The SMILES string of the molecule is C=Cc1cc(-c2cn(C)c(=O)c3[nH]c(S(=O)(=O)c4ccc(C)cc4)cc23)c(Oc2ccc(F)cc2F)c([N+](=O)[O-])c1N. The minimum absolute atomic E-state index is 0.0223. The molecule has 0 aliphatic heterocycles. The normalized spacial score (nSPS) is 11.5. The van der Waals surface area contributed by atoms with Gasteiger partial charge in [-0.2, -0.15) is 0 Å². The van der Waals surface area contributed by atoms with Gasteiger partial charge in [0.2, 0.25) is 15.6 Å². The summed E-state index contributed by atoms with van der Waals surface area (Å²) in [6.07, 6.45) is 2.59. The van der Waals surface area contributed by atoms with Crippen LogP contribution >= 0.6 is 0 Å². The number of nitrogens with zero attached hydrogens (tertiary/aromatic N) is 2. The summed E-state index contributed by atoms with van der Waals surface area (Å²) in [6, 6.07) is 11.1. The van der Waals surface area contributed by atoms with Gasteiger partial charge in [-0.15, -0.1) is 0 Å². The molecule has 0 saturated heterocycles. The summed E-state index contributed by atoms with van der Waals surface area (Å²) in [6.45, 7) is 5.45. The van der Waals surface area contributed by atoms with Crippen molar-refractivity contribution in [2.75, 3.05) is 5.73 Å². The number of hydrogen-bond donors (Lipinski definition) is 2. The van der Waals surface area contributed by atoms with Crippen LogP contribution in [0.2, 0.25) is 0 Å². The van der Waals surface area contributed by atoms with Gasteiger partial charge in [-0.05, 0) is 43.3 Å². The molecule has 0 amide bonds. The Hall–Kier alpha value is -5.30. The monoisotopic (exact) mass is 592 g/mol. The Morgan fingerprint density at radius 3 is 2.40 bits per heavy atom. The van der Waals surface area contributed by atoms with Gasteiger partial charge < -0.3 is 20.0 Å². The predicted molar refractivity (Wildman–Crippen MR) is 153 cm³/mol. The maximum atomic E-state index is 14.6. The van der Waals surface area contributed by atoms with E-state index in [1.165, 1.54) is 43.6 Å². The highest BCUT2D eigenvalue weighted by Crippen LogP contribution is 2.48. The number of pyridine rings is 1. The molecule has 0 bridgehead atoms. The average Bonchev–Trinajstić information content (AvgIpc) is 3.39. The number of nitrogen functional groups attached to an aromatic ring is 1. The molecule has 0 aliphatic carbocycles. The third kappa shape index (κ3) is 4.69. The Kier molecular flexibility index (Phi) is 6.90. The van der Waals surface area contributed by atoms with Crippen molar-refractivity contribution in [1.82, 2.24) is 9.55 Å². The van der Waals surface area contributed by atoms with Gasteiger partial charge in [-0.1, -0.05) is 30.4 Å². The minimum Gasteiger partial charge on any atom is -0.446 e. The van der Waals surface area contributed by atoms with Gasteiger partial charge in [0.1, 0.15) is 22.0 Å². The van der Waals surface area contributed by atoms with Crippen molar-refractivity contribution >= 4 is 38.2 Å². The first-order chi connectivity index (χ1) is 19.8. The number of fused-ring (bicyclic) bond motifs is 1. The molecule has 2 heterocycles. The smallest absolute Gasteiger partial charge is 0.335 e. The predicted octanol–water partition coefficient (Wildman–Crippen LogP) is 5.88. The highest BCUT2D eigenvalue weighted by molar-refractivity contribution is 7.91. The number of ether oxygens (including phenoxy) is 1. The Morgan fingerprint density at radius 1 is 1.10 bits per heavy atom. The maximum Gasteiger partial charge on any atom is 0.335 e. The van der Waals surface area contributed by atoms with E-state index in [1.807, 2.05) is 0 Å². The molecule has 3 N–H and O–H groups in total. The number of aryl methyl sites for hydroxylation is 2. The average molecular weight is 593 g/mol. The van der Waals surface area contributed by atoms with Gasteiger partial charge in [-0.3, -0.25) is 14.9 Å². The molecule has 0 fully saturated rings. The third-order valence-electron chi connectivity index (χ3n) is 6.69. The summed E-state index contributed by atoms with van der Waals surface area (Å²) in [5, 5.41) is 12.0. The number of H-pyrrole nitrogens is 1. The molecule has 0 spiro atoms. The van der Waals surface area contributed by atoms with Gasteiger partial charge in [0, 0.05) is 41.4 Å². The maximum absolute atomic E-state index is 14.6. The molecule has 13 heteroatoms. The molecular formula is C29H22F2N4O6S. The van der Waals surface area contributed by atoms with E-state index in [4.69, 9.17) is 10.5 Å². The highest BCUT2D eigenvalue weighted by Gasteiger charge is 2.30. The number of nitro groups is 1. The van der Waals surface area contributed by atoms with Gasteiger partial charge in [0.15, 0.2) is 11.6 Å². The van der Waals surface area contributed by atoms with Crippen LogP contribution in [0.25, 0.3) is 28.1 Å². The van der Waals surface area contributed by atoms with Crippen LogP contribution in [-0.4, -0.2) is 22.9 Å². The Balaban J connectivity index is 1.85. The number of benzene rings is 3. The van der Waals surface area contributed by atoms with Gasteiger partial charge in [-0.25, -0.2) is 17.2 Å². The first-order valence-corrected chi connectivity index (χ1v) is 13.7. The van der Waals surface area contributed by atoms with E-state index < -0.39 is 49.1 Å². The van der Waals surface area contributed by atoms with Crippen molar-refractivity contribution in [3.8, 4) is 22.6 Å². The second-order valence-electron chi connectivity index (χ2n) is 9.44. The van der Waals surface area contributed by atoms with Gasteiger partial charge in [0.25, 0.3) is 5.56 Å². The number of nitrogens with two attached hydrogens (primary N) is 1. The number of aromatic amines is 1. The van der Waals surface area contributed by atoms with E-state index in [2.05, 4.69) is 11.6 Å². The zero-order valence-electron chi connectivity index (χ0n) is 22.1. The summed E-state index contributed by atoms with van der Waals surface area (Å²) in [4.78, 5) is 27.2. The van der Waals surface area contributed by atoms with Crippen molar-refractivity contribution in [2.24, 2.45) is 7.05 Å². The van der Waals surface area contributed by atoms with Crippen molar-refractivity contribution in [1.29, 1.82) is 0 Å². The Morgan fingerprint density at radius 2 is 1.79 bits per heavy atom. The standard InChI is InChI=1S/C29H22F2N4O6S/c1-4-16-11-20(28(27(25(16)32)35(37)38)41-23-10-7-17(30)12-22(23)31)21-14-34(3)29(36)26-19(21)13-24(33-26)42(39,40)18-8-5-15(2)6-9-18/h4-14,33H,1,32H2,2-3H3. The van der Waals surface area contributed by atoms with Crippen LogP contribution in [-0.2, 0) is 16.9 Å². The van der Waals surface area contributed by atoms with Crippen LogP contribution in [0.15, 0.2) is 82.1 Å².